The molecule has 7 nitrogen and oxygen atoms in total. The number of nitrogens with zero attached hydrogens (tertiary/aromatic N) is 2. The highest BCUT2D eigenvalue weighted by atomic mass is 35.5. The molecule has 1 heterocycles. The molecule has 0 saturated carbocycles. The zero-order valence-corrected chi connectivity index (χ0v) is 15.6. The van der Waals surface area contributed by atoms with Gasteiger partial charge in [-0.15, -0.1) is 10.2 Å². The van der Waals surface area contributed by atoms with Crippen LogP contribution in [-0.4, -0.2) is 34.6 Å². The van der Waals surface area contributed by atoms with E-state index in [1.165, 1.54) is 24.9 Å². The van der Waals surface area contributed by atoms with Crippen molar-refractivity contribution in [1.82, 2.24) is 10.2 Å². The van der Waals surface area contributed by atoms with Crippen LogP contribution >= 0.6 is 46.3 Å². The first-order valence-corrected chi connectivity index (χ1v) is 8.95. The van der Waals surface area contributed by atoms with E-state index in [-0.39, 0.29) is 5.97 Å². The second-order valence-corrected chi connectivity index (χ2v) is 7.74. The average molecular weight is 407 g/mol. The second-order valence-electron chi connectivity index (χ2n) is 4.36. The molecule has 0 aliphatic heterocycles. The summed E-state index contributed by atoms with van der Waals surface area (Å²) in [5.41, 5.74) is 0.486. The summed E-state index contributed by atoms with van der Waals surface area (Å²) in [5.74, 6) is -0.359. The summed E-state index contributed by atoms with van der Waals surface area (Å²) < 4.78 is 5.18. The first-order valence-electron chi connectivity index (χ1n) is 6.50. The molecule has 0 fully saturated rings. The van der Waals surface area contributed by atoms with Crippen LogP contribution in [0.5, 0.6) is 0 Å². The Kier molecular flexibility index (Phi) is 6.67. The van der Waals surface area contributed by atoms with Crippen molar-refractivity contribution in [3.63, 3.8) is 0 Å². The van der Waals surface area contributed by atoms with Crippen molar-refractivity contribution in [2.24, 2.45) is 0 Å². The normalized spacial score (nSPS) is 11.7. The lowest BCUT2D eigenvalue weighted by Gasteiger charge is -2.06. The van der Waals surface area contributed by atoms with Crippen LogP contribution in [0.4, 0.5) is 15.6 Å². The van der Waals surface area contributed by atoms with Crippen molar-refractivity contribution >= 4 is 69.1 Å². The van der Waals surface area contributed by atoms with Gasteiger partial charge in [-0.2, -0.15) is 0 Å². The molecule has 1 atom stereocenters. The van der Waals surface area contributed by atoms with E-state index in [9.17, 15) is 9.59 Å². The van der Waals surface area contributed by atoms with Crippen molar-refractivity contribution in [2.45, 2.75) is 16.5 Å². The first kappa shape index (κ1) is 18.8. The third kappa shape index (κ3) is 5.23. The van der Waals surface area contributed by atoms with Crippen molar-refractivity contribution in [2.75, 3.05) is 17.7 Å². The van der Waals surface area contributed by atoms with E-state index in [0.717, 1.165) is 11.3 Å². The molecule has 2 amide bonds. The lowest BCUT2D eigenvalue weighted by molar-refractivity contribution is -0.139. The monoisotopic (exact) mass is 406 g/mol. The standard InChI is InChI=1S/C13H12Cl2N4O3S2/c1-6(10(20)22-2)23-13-19-18-12(24-13)17-11(21)16-7-3-4-8(14)9(15)5-7/h3-6H,1-2H3,(H2,16,17,18,21)/t6-/m0/s1. The van der Waals surface area contributed by atoms with Gasteiger partial charge in [0.05, 0.1) is 17.2 Å². The molecular formula is C13H12Cl2N4O3S2. The summed E-state index contributed by atoms with van der Waals surface area (Å²) in [6, 6.07) is 4.23. The quantitative estimate of drug-likeness (QED) is 0.440. The highest BCUT2D eigenvalue weighted by Gasteiger charge is 2.18. The summed E-state index contributed by atoms with van der Waals surface area (Å²) in [6.45, 7) is 1.70. The Labute approximate surface area is 156 Å². The summed E-state index contributed by atoms with van der Waals surface area (Å²) in [5, 5.41) is 13.5. The highest BCUT2D eigenvalue weighted by molar-refractivity contribution is 8.02. The van der Waals surface area contributed by atoms with Gasteiger partial charge in [0, 0.05) is 5.69 Å². The fraction of sp³-hybridized carbons (Fsp3) is 0.231. The molecule has 0 bridgehead atoms. The van der Waals surface area contributed by atoms with Gasteiger partial charge in [-0.3, -0.25) is 10.1 Å². The Morgan fingerprint density at radius 3 is 2.67 bits per heavy atom. The minimum Gasteiger partial charge on any atom is -0.468 e. The number of methoxy groups -OCH3 is 1. The van der Waals surface area contributed by atoms with Crippen molar-refractivity contribution in [1.29, 1.82) is 0 Å². The number of benzene rings is 1. The van der Waals surface area contributed by atoms with Crippen molar-refractivity contribution < 1.29 is 14.3 Å². The number of aromatic nitrogens is 2. The first-order chi connectivity index (χ1) is 11.4. The number of nitrogens with one attached hydrogen (secondary N) is 2. The molecule has 2 rings (SSSR count). The second kappa shape index (κ2) is 8.52. The van der Waals surface area contributed by atoms with Gasteiger partial charge in [0.2, 0.25) is 5.13 Å². The largest absolute Gasteiger partial charge is 0.468 e. The fourth-order valence-electron chi connectivity index (χ4n) is 1.51. The molecule has 0 aliphatic carbocycles. The lowest BCUT2D eigenvalue weighted by atomic mass is 10.3. The maximum absolute atomic E-state index is 11.9. The van der Waals surface area contributed by atoms with Crippen molar-refractivity contribution in [3.8, 4) is 0 Å². The topological polar surface area (TPSA) is 93.2 Å². The summed E-state index contributed by atoms with van der Waals surface area (Å²) in [4.78, 5) is 23.3. The van der Waals surface area contributed by atoms with Gasteiger partial charge >= 0.3 is 12.0 Å². The SMILES string of the molecule is COC(=O)[C@H](C)Sc1nnc(NC(=O)Nc2ccc(Cl)c(Cl)c2)s1. The van der Waals surface area contributed by atoms with E-state index in [2.05, 4.69) is 25.6 Å². The molecule has 128 valence electrons. The number of carbonyl (C=O) groups is 2. The Hall–Kier alpha value is -1.55. The number of urea groups is 1. The van der Waals surface area contributed by atoms with Crippen LogP contribution in [0.15, 0.2) is 22.5 Å². The molecule has 11 heteroatoms. The van der Waals surface area contributed by atoms with Crippen LogP contribution < -0.4 is 10.6 Å². The number of thioether (sulfide) groups is 1. The van der Waals surface area contributed by atoms with Gasteiger partial charge in [0.25, 0.3) is 0 Å². The zero-order valence-electron chi connectivity index (χ0n) is 12.5. The molecule has 0 saturated heterocycles. The minimum atomic E-state index is -0.498. The molecule has 0 aliphatic rings. The van der Waals surface area contributed by atoms with Gasteiger partial charge in [-0.1, -0.05) is 46.3 Å². The van der Waals surface area contributed by atoms with Gasteiger partial charge in [-0.25, -0.2) is 4.79 Å². The minimum absolute atomic E-state index is 0.298. The van der Waals surface area contributed by atoms with E-state index in [1.807, 2.05) is 0 Å². The number of hydrogen-bond donors (Lipinski definition) is 2. The summed E-state index contributed by atoms with van der Waals surface area (Å²) in [6.07, 6.45) is 0. The number of hydrogen-bond acceptors (Lipinski definition) is 7. The summed E-state index contributed by atoms with van der Waals surface area (Å²) in [7, 11) is 1.32. The van der Waals surface area contributed by atoms with Gasteiger partial charge in [-0.05, 0) is 25.1 Å². The maximum atomic E-state index is 11.9. The predicted molar refractivity (Wildman–Crippen MR) is 96.3 cm³/mol. The maximum Gasteiger partial charge on any atom is 0.325 e. The zero-order chi connectivity index (χ0) is 17.7. The number of esters is 1. The molecule has 1 aromatic carbocycles. The number of rotatable bonds is 5. The number of ether oxygens (including phenoxy) is 1. The van der Waals surface area contributed by atoms with E-state index < -0.39 is 11.3 Å². The van der Waals surface area contributed by atoms with Crippen LogP contribution in [0.2, 0.25) is 10.0 Å². The molecule has 2 N–H and O–H groups in total. The number of halogens is 2. The fourth-order valence-corrected chi connectivity index (χ4v) is 3.72. The van der Waals surface area contributed by atoms with Gasteiger partial charge < -0.3 is 10.1 Å². The van der Waals surface area contributed by atoms with E-state index >= 15 is 0 Å². The van der Waals surface area contributed by atoms with Crippen LogP contribution in [0, 0.1) is 0 Å². The smallest absolute Gasteiger partial charge is 0.325 e. The third-order valence-corrected chi connectivity index (χ3v) is 5.36. The third-order valence-electron chi connectivity index (χ3n) is 2.62. The Morgan fingerprint density at radius 1 is 1.25 bits per heavy atom. The molecule has 2 aromatic rings. The Morgan fingerprint density at radius 2 is 2.00 bits per heavy atom. The lowest BCUT2D eigenvalue weighted by Crippen LogP contribution is -2.19. The summed E-state index contributed by atoms with van der Waals surface area (Å²) >= 11 is 14.0. The predicted octanol–water partition coefficient (Wildman–Crippen LogP) is 4.14. The Balaban J connectivity index is 1.92. The molecule has 0 spiro atoms. The number of amides is 2. The van der Waals surface area contributed by atoms with Crippen LogP contribution in [0.3, 0.4) is 0 Å². The molecular weight excluding hydrogens is 395 g/mol. The van der Waals surface area contributed by atoms with E-state index in [0.29, 0.717) is 25.2 Å². The van der Waals surface area contributed by atoms with Crippen LogP contribution in [-0.2, 0) is 9.53 Å². The van der Waals surface area contributed by atoms with Crippen LogP contribution in [0.1, 0.15) is 6.92 Å². The molecule has 0 unspecified atom stereocenters. The van der Waals surface area contributed by atoms with Crippen molar-refractivity contribution in [3.05, 3.63) is 28.2 Å². The van der Waals surface area contributed by atoms with Gasteiger partial charge in [0.1, 0.15) is 5.25 Å². The average Bonchev–Trinajstić information content (AvgIpc) is 2.96. The Bertz CT molecular complexity index is 757. The molecule has 24 heavy (non-hydrogen) atoms. The van der Waals surface area contributed by atoms with E-state index in [4.69, 9.17) is 23.2 Å². The number of carbonyl (C=O) groups excluding carboxylic acids is 2. The molecule has 1 aromatic heterocycles. The molecule has 0 radical (unpaired) electrons. The van der Waals surface area contributed by atoms with E-state index in [1.54, 1.807) is 19.1 Å². The van der Waals surface area contributed by atoms with Crippen LogP contribution in [0.25, 0.3) is 0 Å². The highest BCUT2D eigenvalue weighted by Crippen LogP contribution is 2.29. The van der Waals surface area contributed by atoms with Gasteiger partial charge in [0.15, 0.2) is 4.34 Å². The number of anilines is 2.